The third kappa shape index (κ3) is 3.32. The van der Waals surface area contributed by atoms with Crippen molar-refractivity contribution >= 4 is 26.6 Å². The number of benzene rings is 1. The number of hydrogen-bond acceptors (Lipinski definition) is 3. The third-order valence-electron chi connectivity index (χ3n) is 4.11. The number of halogens is 3. The van der Waals surface area contributed by atoms with Gasteiger partial charge in [-0.25, -0.2) is 13.4 Å². The molecule has 24 heavy (non-hydrogen) atoms. The summed E-state index contributed by atoms with van der Waals surface area (Å²) < 4.78 is 63.9. The highest BCUT2D eigenvalue weighted by Crippen LogP contribution is 2.32. The van der Waals surface area contributed by atoms with Crippen LogP contribution in [-0.2, 0) is 16.2 Å². The lowest BCUT2D eigenvalue weighted by Gasteiger charge is -2.35. The first kappa shape index (κ1) is 17.0. The van der Waals surface area contributed by atoms with Gasteiger partial charge in [0.05, 0.1) is 17.3 Å². The Balaban J connectivity index is 2.00. The van der Waals surface area contributed by atoms with Gasteiger partial charge in [0.25, 0.3) is 5.69 Å². The third-order valence-corrected chi connectivity index (χ3v) is 5.41. The number of anilines is 1. The molecule has 1 aromatic heterocycles. The van der Waals surface area contributed by atoms with Crippen LogP contribution in [0, 0.1) is 0 Å². The zero-order valence-electron chi connectivity index (χ0n) is 13.0. The van der Waals surface area contributed by atoms with E-state index in [1.54, 1.807) is 29.2 Å². The molecule has 0 unspecified atom stereocenters. The van der Waals surface area contributed by atoms with Gasteiger partial charge in [0.15, 0.2) is 0 Å². The predicted octanol–water partition coefficient (Wildman–Crippen LogP) is 1.75. The number of nitrogens with one attached hydrogen (secondary N) is 1. The molecule has 1 aromatic carbocycles. The number of aromatic nitrogens is 1. The second-order valence-electron chi connectivity index (χ2n) is 5.76. The minimum absolute atomic E-state index is 0.257. The van der Waals surface area contributed by atoms with E-state index >= 15 is 0 Å². The normalized spacial score (nSPS) is 17.4. The summed E-state index contributed by atoms with van der Waals surface area (Å²) in [5, 5.41) is 0.679. The molecule has 0 amide bonds. The molecule has 0 saturated carbocycles. The summed E-state index contributed by atoms with van der Waals surface area (Å²) in [6.45, 7) is 1.21. The van der Waals surface area contributed by atoms with E-state index in [0.29, 0.717) is 29.7 Å². The lowest BCUT2D eigenvalue weighted by Crippen LogP contribution is -2.48. The number of pyridine rings is 1. The first-order chi connectivity index (χ1) is 11.2. The number of H-pyrrole nitrogens is 1. The van der Waals surface area contributed by atoms with E-state index < -0.39 is 21.9 Å². The highest BCUT2D eigenvalue weighted by molar-refractivity contribution is 7.88. The van der Waals surface area contributed by atoms with Crippen LogP contribution in [-0.4, -0.2) is 45.2 Å². The van der Waals surface area contributed by atoms with Crippen molar-refractivity contribution in [2.75, 3.05) is 37.3 Å². The van der Waals surface area contributed by atoms with Crippen molar-refractivity contribution in [1.29, 1.82) is 0 Å². The summed E-state index contributed by atoms with van der Waals surface area (Å²) in [5.74, 6) is 0. The molecule has 5 nitrogen and oxygen atoms in total. The van der Waals surface area contributed by atoms with Gasteiger partial charge in [0, 0.05) is 38.3 Å². The molecule has 1 aliphatic heterocycles. The highest BCUT2D eigenvalue weighted by atomic mass is 32.2. The largest absolute Gasteiger partial charge is 0.477 e. The van der Waals surface area contributed by atoms with E-state index in [-0.39, 0.29) is 13.1 Å². The Morgan fingerprint density at radius 2 is 1.71 bits per heavy atom. The highest BCUT2D eigenvalue weighted by Gasteiger charge is 2.39. The summed E-state index contributed by atoms with van der Waals surface area (Å²) in [7, 11) is -3.28. The van der Waals surface area contributed by atoms with Crippen molar-refractivity contribution in [3.05, 3.63) is 36.0 Å². The molecule has 0 atom stereocenters. The molecule has 1 aliphatic rings. The van der Waals surface area contributed by atoms with Crippen LogP contribution in [0.3, 0.4) is 0 Å². The number of para-hydroxylation sites is 1. The molecule has 2 heterocycles. The molecule has 9 heteroatoms. The Kier molecular flexibility index (Phi) is 4.16. The van der Waals surface area contributed by atoms with Gasteiger partial charge in [-0.15, -0.1) is 0 Å². The van der Waals surface area contributed by atoms with Crippen LogP contribution in [0.5, 0.6) is 0 Å². The summed E-state index contributed by atoms with van der Waals surface area (Å²) in [6.07, 6.45) is -3.34. The van der Waals surface area contributed by atoms with Crippen LogP contribution < -0.4 is 9.88 Å². The Morgan fingerprint density at radius 1 is 1.08 bits per heavy atom. The van der Waals surface area contributed by atoms with Crippen molar-refractivity contribution in [2.24, 2.45) is 0 Å². The van der Waals surface area contributed by atoms with Gasteiger partial charge in [-0.1, -0.05) is 12.1 Å². The number of hydrogen-bond donors (Lipinski definition) is 0. The molecule has 0 spiro atoms. The maximum atomic E-state index is 13.1. The molecule has 0 radical (unpaired) electrons. The molecule has 0 aliphatic carbocycles. The van der Waals surface area contributed by atoms with E-state index in [1.807, 2.05) is 0 Å². The van der Waals surface area contributed by atoms with E-state index in [9.17, 15) is 21.6 Å². The zero-order valence-corrected chi connectivity index (χ0v) is 13.8. The van der Waals surface area contributed by atoms with Crippen LogP contribution in [0.15, 0.2) is 30.3 Å². The van der Waals surface area contributed by atoms with E-state index in [4.69, 9.17) is 0 Å². The minimum Gasteiger partial charge on any atom is -0.368 e. The van der Waals surface area contributed by atoms with Crippen molar-refractivity contribution < 1.29 is 26.6 Å². The number of nitrogens with zero attached hydrogens (tertiary/aromatic N) is 2. The lowest BCUT2D eigenvalue weighted by molar-refractivity contribution is -0.398. The monoisotopic (exact) mass is 360 g/mol. The molecule has 0 bridgehead atoms. The fourth-order valence-electron chi connectivity index (χ4n) is 2.89. The van der Waals surface area contributed by atoms with Crippen molar-refractivity contribution in [3.8, 4) is 0 Å². The van der Waals surface area contributed by atoms with Gasteiger partial charge in [-0.05, 0) is 6.07 Å². The minimum atomic E-state index is -4.48. The van der Waals surface area contributed by atoms with Gasteiger partial charge in [-0.3, -0.25) is 0 Å². The molecular formula is C15H17F3N3O2S+. The topological polar surface area (TPSA) is 54.8 Å². The smallest absolute Gasteiger partial charge is 0.368 e. The number of rotatable bonds is 2. The van der Waals surface area contributed by atoms with Gasteiger partial charge >= 0.3 is 6.18 Å². The number of aromatic amines is 1. The molecule has 1 saturated heterocycles. The van der Waals surface area contributed by atoms with E-state index in [2.05, 4.69) is 4.98 Å². The van der Waals surface area contributed by atoms with Crippen LogP contribution in [0.4, 0.5) is 18.9 Å². The molecule has 1 fully saturated rings. The van der Waals surface area contributed by atoms with Crippen LogP contribution in [0.25, 0.3) is 10.9 Å². The molecule has 1 N–H and O–H groups in total. The van der Waals surface area contributed by atoms with Crippen LogP contribution in [0.1, 0.15) is 5.69 Å². The standard InChI is InChI=1S/C15H16F3N3O2S/c1-24(22,23)21-8-6-20(7-9-21)13-10-14(15(16,17)18)19-12-5-3-2-4-11(12)13/h2-5,10H,6-9H2,1H3/p+1. The average Bonchev–Trinajstić information content (AvgIpc) is 2.52. The Morgan fingerprint density at radius 3 is 2.29 bits per heavy atom. The number of fused-ring (bicyclic) bond motifs is 1. The fraction of sp³-hybridized carbons (Fsp3) is 0.400. The maximum absolute atomic E-state index is 13.1. The van der Waals surface area contributed by atoms with Gasteiger partial charge in [0.2, 0.25) is 15.5 Å². The van der Waals surface area contributed by atoms with Gasteiger partial charge in [-0.2, -0.15) is 17.5 Å². The Bertz CT molecular complexity index is 860. The number of piperazine rings is 1. The lowest BCUT2D eigenvalue weighted by atomic mass is 10.1. The quantitative estimate of drug-likeness (QED) is 0.820. The summed E-state index contributed by atoms with van der Waals surface area (Å²) >= 11 is 0. The van der Waals surface area contributed by atoms with Crippen molar-refractivity contribution in [1.82, 2.24) is 4.31 Å². The Hall–Kier alpha value is -1.87. The SMILES string of the molecule is CS(=O)(=O)N1CCN(c2cc(C(F)(F)F)[nH+]c3ccccc23)CC1. The number of alkyl halides is 3. The van der Waals surface area contributed by atoms with Crippen molar-refractivity contribution in [2.45, 2.75) is 6.18 Å². The molecular weight excluding hydrogens is 343 g/mol. The first-order valence-corrected chi connectivity index (χ1v) is 9.23. The Labute approximate surface area is 137 Å². The van der Waals surface area contributed by atoms with Gasteiger partial charge < -0.3 is 4.90 Å². The van der Waals surface area contributed by atoms with E-state index in [1.165, 1.54) is 4.31 Å². The fourth-order valence-corrected chi connectivity index (χ4v) is 3.71. The predicted molar refractivity (Wildman–Crippen MR) is 84.1 cm³/mol. The molecule has 2 aromatic rings. The maximum Gasteiger partial charge on any atom is 0.477 e. The zero-order chi connectivity index (χ0) is 17.5. The second kappa shape index (κ2) is 5.89. The average molecular weight is 360 g/mol. The van der Waals surface area contributed by atoms with E-state index in [0.717, 1.165) is 12.3 Å². The van der Waals surface area contributed by atoms with Gasteiger partial charge in [0.1, 0.15) is 0 Å². The van der Waals surface area contributed by atoms with Crippen molar-refractivity contribution in [3.63, 3.8) is 0 Å². The van der Waals surface area contributed by atoms with Crippen LogP contribution >= 0.6 is 0 Å². The molecule has 3 rings (SSSR count). The van der Waals surface area contributed by atoms with Crippen LogP contribution in [0.2, 0.25) is 0 Å². The second-order valence-corrected chi connectivity index (χ2v) is 7.74. The summed E-state index contributed by atoms with van der Waals surface area (Å²) in [4.78, 5) is 4.22. The summed E-state index contributed by atoms with van der Waals surface area (Å²) in [5.41, 5.74) is 0.0411. The first-order valence-electron chi connectivity index (χ1n) is 7.38. The molecule has 130 valence electrons. The number of sulfonamides is 1. The summed E-state index contributed by atoms with van der Waals surface area (Å²) in [6, 6.07) is 7.88.